The van der Waals surface area contributed by atoms with Crippen molar-refractivity contribution in [3.63, 3.8) is 0 Å². The largest absolute Gasteiger partial charge is 0.375 e. The third kappa shape index (κ3) is 3.08. The van der Waals surface area contributed by atoms with Crippen LogP contribution in [-0.2, 0) is 15.8 Å². The van der Waals surface area contributed by atoms with Crippen LogP contribution in [0.1, 0.15) is 59.8 Å². The lowest BCUT2D eigenvalue weighted by atomic mass is 9.81. The average molecular weight is 365 g/mol. The molecular weight excluding hydrogens is 338 g/mol. The summed E-state index contributed by atoms with van der Waals surface area (Å²) in [6.07, 6.45) is -0.260. The first kappa shape index (κ1) is 19.3. The number of amides is 1. The number of benzene rings is 2. The number of rotatable bonds is 3. The van der Waals surface area contributed by atoms with E-state index in [1.807, 2.05) is 32.0 Å². The van der Waals surface area contributed by atoms with Gasteiger partial charge in [0.1, 0.15) is 0 Å². The summed E-state index contributed by atoms with van der Waals surface area (Å²) in [4.78, 5) is 27.3. The Bertz CT molecular complexity index is 916. The van der Waals surface area contributed by atoms with Crippen molar-refractivity contribution >= 4 is 17.4 Å². The molecule has 0 fully saturated rings. The summed E-state index contributed by atoms with van der Waals surface area (Å²) in [6.45, 7) is 10.2. The molecule has 3 rings (SSSR count). The first-order valence-electron chi connectivity index (χ1n) is 9.22. The van der Waals surface area contributed by atoms with E-state index in [1.54, 1.807) is 25.2 Å². The second kappa shape index (κ2) is 6.31. The first-order chi connectivity index (χ1) is 12.5. The molecule has 1 N–H and O–H groups in total. The van der Waals surface area contributed by atoms with Crippen LogP contribution in [0.4, 0.5) is 5.69 Å². The molecule has 1 unspecified atom stereocenters. The highest BCUT2D eigenvalue weighted by atomic mass is 16.3. The Morgan fingerprint density at radius 3 is 2.22 bits per heavy atom. The van der Waals surface area contributed by atoms with E-state index in [2.05, 4.69) is 20.8 Å². The number of Topliss-reactive ketones (excluding diaryl/α,β-unsaturated/α-hetero) is 1. The monoisotopic (exact) mass is 365 g/mol. The predicted octanol–water partition coefficient (Wildman–Crippen LogP) is 4.04. The van der Waals surface area contributed by atoms with Crippen molar-refractivity contribution < 1.29 is 14.7 Å². The Balaban J connectivity index is 2.00. The lowest BCUT2D eigenvalue weighted by Crippen LogP contribution is -2.40. The number of para-hydroxylation sites is 1. The van der Waals surface area contributed by atoms with E-state index in [0.29, 0.717) is 16.8 Å². The van der Waals surface area contributed by atoms with Crippen LogP contribution in [0.15, 0.2) is 36.4 Å². The van der Waals surface area contributed by atoms with Gasteiger partial charge in [0, 0.05) is 18.2 Å². The summed E-state index contributed by atoms with van der Waals surface area (Å²) in [5.74, 6) is -0.676. The Morgan fingerprint density at radius 1 is 1.11 bits per heavy atom. The quantitative estimate of drug-likeness (QED) is 0.835. The predicted molar refractivity (Wildman–Crippen MR) is 107 cm³/mol. The van der Waals surface area contributed by atoms with Crippen molar-refractivity contribution in [2.45, 2.75) is 52.1 Å². The Labute approximate surface area is 160 Å². The molecule has 0 bridgehead atoms. The maximum absolute atomic E-state index is 13.1. The fourth-order valence-corrected chi connectivity index (χ4v) is 3.95. The molecule has 27 heavy (non-hydrogen) atoms. The smallest absolute Gasteiger partial charge is 0.263 e. The van der Waals surface area contributed by atoms with E-state index in [1.165, 1.54) is 4.90 Å². The number of aryl methyl sites for hydroxylation is 2. The third-order valence-corrected chi connectivity index (χ3v) is 5.46. The zero-order valence-corrected chi connectivity index (χ0v) is 16.9. The van der Waals surface area contributed by atoms with Gasteiger partial charge in [-0.25, -0.2) is 0 Å². The molecule has 0 aromatic heterocycles. The molecule has 2 aromatic carbocycles. The van der Waals surface area contributed by atoms with Crippen molar-refractivity contribution in [1.82, 2.24) is 0 Å². The number of aliphatic hydroxyl groups is 1. The van der Waals surface area contributed by atoms with E-state index in [4.69, 9.17) is 0 Å². The van der Waals surface area contributed by atoms with Gasteiger partial charge in [-0.3, -0.25) is 9.59 Å². The fraction of sp³-hybridized carbons (Fsp3) is 0.391. The normalized spacial score (nSPS) is 19.4. The van der Waals surface area contributed by atoms with Crippen LogP contribution in [0.2, 0.25) is 0 Å². The van der Waals surface area contributed by atoms with Gasteiger partial charge >= 0.3 is 0 Å². The molecule has 4 nitrogen and oxygen atoms in total. The molecule has 1 aliphatic heterocycles. The molecule has 142 valence electrons. The van der Waals surface area contributed by atoms with Crippen molar-refractivity contribution in [3.05, 3.63) is 64.2 Å². The van der Waals surface area contributed by atoms with Crippen molar-refractivity contribution in [2.75, 3.05) is 11.9 Å². The lowest BCUT2D eigenvalue weighted by Gasteiger charge is -2.24. The van der Waals surface area contributed by atoms with Crippen LogP contribution in [0, 0.1) is 13.8 Å². The van der Waals surface area contributed by atoms with Gasteiger partial charge in [0.2, 0.25) is 0 Å². The highest BCUT2D eigenvalue weighted by molar-refractivity contribution is 6.11. The number of ketones is 1. The Kier molecular flexibility index (Phi) is 4.51. The molecule has 0 saturated carbocycles. The molecule has 0 spiro atoms. The van der Waals surface area contributed by atoms with Crippen LogP contribution >= 0.6 is 0 Å². The number of fused-ring (bicyclic) bond motifs is 1. The zero-order chi connectivity index (χ0) is 20.1. The molecular formula is C23H27NO3. The van der Waals surface area contributed by atoms with E-state index in [0.717, 1.165) is 16.7 Å². The number of nitrogens with zero attached hydrogens (tertiary/aromatic N) is 1. The summed E-state index contributed by atoms with van der Waals surface area (Å²) in [5.41, 5.74) is 2.82. The van der Waals surface area contributed by atoms with Crippen LogP contribution < -0.4 is 4.90 Å². The molecule has 2 aromatic rings. The molecule has 0 aliphatic carbocycles. The van der Waals surface area contributed by atoms with Gasteiger partial charge in [-0.05, 0) is 42.0 Å². The molecule has 1 aliphatic rings. The SMILES string of the molecule is Cc1cc(C(C)(C)C)cc(C)c1C(=O)CC1(O)C(=O)N(C)c2ccccc21. The van der Waals surface area contributed by atoms with Gasteiger partial charge in [0.25, 0.3) is 5.91 Å². The van der Waals surface area contributed by atoms with E-state index in [-0.39, 0.29) is 17.6 Å². The number of carbonyl (C=O) groups excluding carboxylic acids is 2. The van der Waals surface area contributed by atoms with Crippen molar-refractivity contribution in [1.29, 1.82) is 0 Å². The van der Waals surface area contributed by atoms with Crippen LogP contribution in [0.3, 0.4) is 0 Å². The van der Waals surface area contributed by atoms with Gasteiger partial charge in [0.15, 0.2) is 11.4 Å². The average Bonchev–Trinajstić information content (AvgIpc) is 2.76. The van der Waals surface area contributed by atoms with Gasteiger partial charge in [-0.1, -0.05) is 51.1 Å². The summed E-state index contributed by atoms with van der Waals surface area (Å²) >= 11 is 0. The number of carbonyl (C=O) groups is 2. The second-order valence-electron chi connectivity index (χ2n) is 8.58. The van der Waals surface area contributed by atoms with E-state index < -0.39 is 11.5 Å². The van der Waals surface area contributed by atoms with E-state index in [9.17, 15) is 14.7 Å². The maximum Gasteiger partial charge on any atom is 0.263 e. The van der Waals surface area contributed by atoms with Gasteiger partial charge in [-0.15, -0.1) is 0 Å². The molecule has 1 amide bonds. The summed E-state index contributed by atoms with van der Waals surface area (Å²) in [7, 11) is 1.62. The molecule has 0 saturated heterocycles. The molecule has 4 heteroatoms. The summed E-state index contributed by atoms with van der Waals surface area (Å²) in [5, 5.41) is 11.2. The van der Waals surface area contributed by atoms with Crippen LogP contribution in [-0.4, -0.2) is 23.8 Å². The highest BCUT2D eigenvalue weighted by Crippen LogP contribution is 2.42. The summed E-state index contributed by atoms with van der Waals surface area (Å²) in [6, 6.07) is 11.1. The molecule has 0 radical (unpaired) electrons. The minimum atomic E-state index is -1.82. The minimum Gasteiger partial charge on any atom is -0.375 e. The highest BCUT2D eigenvalue weighted by Gasteiger charge is 2.49. The standard InChI is InChI=1S/C23H27NO3/c1-14-11-16(22(3,4)5)12-15(2)20(14)19(25)13-23(27)17-9-7-8-10-18(17)24(6)21(23)26/h7-12,27H,13H2,1-6H3. The Hall–Kier alpha value is -2.46. The zero-order valence-electron chi connectivity index (χ0n) is 16.9. The van der Waals surface area contributed by atoms with E-state index >= 15 is 0 Å². The molecule has 1 atom stereocenters. The van der Waals surface area contributed by atoms with Crippen LogP contribution in [0.5, 0.6) is 0 Å². The third-order valence-electron chi connectivity index (χ3n) is 5.46. The number of hydrogen-bond donors (Lipinski definition) is 1. The van der Waals surface area contributed by atoms with Gasteiger partial charge < -0.3 is 10.0 Å². The van der Waals surface area contributed by atoms with Crippen molar-refractivity contribution in [2.24, 2.45) is 0 Å². The first-order valence-corrected chi connectivity index (χ1v) is 9.22. The van der Waals surface area contributed by atoms with Gasteiger partial charge in [-0.2, -0.15) is 0 Å². The fourth-order valence-electron chi connectivity index (χ4n) is 3.95. The second-order valence-corrected chi connectivity index (χ2v) is 8.58. The number of likely N-dealkylation sites (N-methyl/N-ethyl adjacent to an activating group) is 1. The molecule has 1 heterocycles. The lowest BCUT2D eigenvalue weighted by molar-refractivity contribution is -0.135. The minimum absolute atomic E-state index is 0.0155. The summed E-state index contributed by atoms with van der Waals surface area (Å²) < 4.78 is 0. The topological polar surface area (TPSA) is 57.6 Å². The Morgan fingerprint density at radius 2 is 1.67 bits per heavy atom. The number of anilines is 1. The maximum atomic E-state index is 13.1. The van der Waals surface area contributed by atoms with Crippen LogP contribution in [0.25, 0.3) is 0 Å². The number of hydrogen-bond acceptors (Lipinski definition) is 3. The van der Waals surface area contributed by atoms with Crippen molar-refractivity contribution in [3.8, 4) is 0 Å². The van der Waals surface area contributed by atoms with Gasteiger partial charge in [0.05, 0.1) is 12.1 Å².